The van der Waals surface area contributed by atoms with E-state index in [9.17, 15) is 4.79 Å². The Bertz CT molecular complexity index is 311. The highest BCUT2D eigenvalue weighted by Crippen LogP contribution is 2.19. The number of aldehydes is 1. The molecule has 0 radical (unpaired) electrons. The summed E-state index contributed by atoms with van der Waals surface area (Å²) in [7, 11) is 0. The van der Waals surface area contributed by atoms with Gasteiger partial charge in [0, 0.05) is 16.5 Å². The van der Waals surface area contributed by atoms with Crippen molar-refractivity contribution in [3.8, 4) is 0 Å². The van der Waals surface area contributed by atoms with Crippen LogP contribution in [0.3, 0.4) is 0 Å². The Morgan fingerprint density at radius 2 is 1.77 bits per heavy atom. The van der Waals surface area contributed by atoms with Gasteiger partial charge in [0.1, 0.15) is 6.29 Å². The molecular formula is C10H8Cl2O. The lowest BCUT2D eigenvalue weighted by Gasteiger charge is -1.96. The molecule has 0 amide bonds. The fourth-order valence-electron chi connectivity index (χ4n) is 0.931. The molecule has 68 valence electrons. The van der Waals surface area contributed by atoms with Crippen molar-refractivity contribution < 1.29 is 4.79 Å². The lowest BCUT2D eigenvalue weighted by Crippen LogP contribution is -1.74. The molecule has 0 aliphatic rings. The second kappa shape index (κ2) is 5.05. The van der Waals surface area contributed by atoms with E-state index in [4.69, 9.17) is 23.2 Å². The molecule has 0 saturated heterocycles. The maximum absolute atomic E-state index is 10.0. The van der Waals surface area contributed by atoms with Crippen LogP contribution in [0.4, 0.5) is 0 Å². The Morgan fingerprint density at radius 3 is 2.31 bits per heavy atom. The van der Waals surface area contributed by atoms with Crippen molar-refractivity contribution in [1.29, 1.82) is 0 Å². The zero-order valence-corrected chi connectivity index (χ0v) is 8.35. The first-order chi connectivity index (χ1) is 6.22. The van der Waals surface area contributed by atoms with Gasteiger partial charge >= 0.3 is 0 Å². The molecular weight excluding hydrogens is 207 g/mol. The summed E-state index contributed by atoms with van der Waals surface area (Å²) >= 11 is 11.6. The van der Waals surface area contributed by atoms with Crippen molar-refractivity contribution >= 4 is 35.6 Å². The van der Waals surface area contributed by atoms with Crippen LogP contribution in [0.2, 0.25) is 10.0 Å². The Balaban J connectivity index is 2.82. The molecule has 0 atom stereocenters. The third-order valence-electron chi connectivity index (χ3n) is 1.43. The van der Waals surface area contributed by atoms with Crippen molar-refractivity contribution in [2.75, 3.05) is 0 Å². The fraction of sp³-hybridized carbons (Fsp3) is 0.100. The number of carbonyl (C=O) groups excluding carboxylic acids is 1. The Kier molecular flexibility index (Phi) is 4.00. The van der Waals surface area contributed by atoms with Crippen LogP contribution in [0.1, 0.15) is 12.0 Å². The van der Waals surface area contributed by atoms with Crippen LogP contribution in [0.25, 0.3) is 6.08 Å². The number of hydrogen-bond acceptors (Lipinski definition) is 1. The zero-order valence-electron chi connectivity index (χ0n) is 6.84. The van der Waals surface area contributed by atoms with E-state index in [0.717, 1.165) is 11.8 Å². The molecule has 0 aliphatic carbocycles. The van der Waals surface area contributed by atoms with Crippen LogP contribution in [0.15, 0.2) is 24.3 Å². The molecule has 0 bridgehead atoms. The third-order valence-corrected chi connectivity index (χ3v) is 1.86. The number of allylic oxidation sites excluding steroid dienone is 1. The lowest BCUT2D eigenvalue weighted by molar-refractivity contribution is -0.107. The van der Waals surface area contributed by atoms with Gasteiger partial charge in [0.25, 0.3) is 0 Å². The van der Waals surface area contributed by atoms with Crippen molar-refractivity contribution in [2.24, 2.45) is 0 Å². The van der Waals surface area contributed by atoms with E-state index in [2.05, 4.69) is 0 Å². The molecule has 0 heterocycles. The summed E-state index contributed by atoms with van der Waals surface area (Å²) in [4.78, 5) is 10.0. The average Bonchev–Trinajstić information content (AvgIpc) is 2.03. The maximum atomic E-state index is 10.0. The highest BCUT2D eigenvalue weighted by Gasteiger charge is 1.93. The van der Waals surface area contributed by atoms with E-state index in [1.165, 1.54) is 0 Å². The molecule has 0 unspecified atom stereocenters. The van der Waals surface area contributed by atoms with Gasteiger partial charge in [-0.2, -0.15) is 0 Å². The normalized spacial score (nSPS) is 10.6. The van der Waals surface area contributed by atoms with Gasteiger partial charge in [-0.3, -0.25) is 0 Å². The minimum atomic E-state index is 0.407. The van der Waals surface area contributed by atoms with Gasteiger partial charge in [0.15, 0.2) is 0 Å². The highest BCUT2D eigenvalue weighted by molar-refractivity contribution is 6.34. The summed E-state index contributed by atoms with van der Waals surface area (Å²) in [5, 5.41) is 1.19. The summed E-state index contributed by atoms with van der Waals surface area (Å²) in [6.45, 7) is 0. The van der Waals surface area contributed by atoms with Crippen LogP contribution < -0.4 is 0 Å². The second-order valence-corrected chi connectivity index (χ2v) is 3.38. The zero-order chi connectivity index (χ0) is 9.68. The minimum absolute atomic E-state index is 0.407. The lowest BCUT2D eigenvalue weighted by atomic mass is 10.2. The quantitative estimate of drug-likeness (QED) is 0.704. The van der Waals surface area contributed by atoms with Crippen molar-refractivity contribution in [3.63, 3.8) is 0 Å². The summed E-state index contributed by atoms with van der Waals surface area (Å²) < 4.78 is 0. The Labute approximate surface area is 87.0 Å². The van der Waals surface area contributed by atoms with Gasteiger partial charge in [-0.1, -0.05) is 35.4 Å². The first kappa shape index (κ1) is 10.3. The maximum Gasteiger partial charge on any atom is 0.123 e. The molecule has 13 heavy (non-hydrogen) atoms. The third kappa shape index (κ3) is 3.62. The predicted molar refractivity (Wildman–Crippen MR) is 56.2 cm³/mol. The summed E-state index contributed by atoms with van der Waals surface area (Å²) in [5.74, 6) is 0. The first-order valence-electron chi connectivity index (χ1n) is 3.78. The van der Waals surface area contributed by atoms with Crippen molar-refractivity contribution in [1.82, 2.24) is 0 Å². The van der Waals surface area contributed by atoms with Crippen molar-refractivity contribution in [2.45, 2.75) is 6.42 Å². The van der Waals surface area contributed by atoms with E-state index in [1.807, 2.05) is 6.08 Å². The number of hydrogen-bond donors (Lipinski definition) is 0. The molecule has 3 heteroatoms. The molecule has 1 nitrogen and oxygen atoms in total. The topological polar surface area (TPSA) is 17.1 Å². The molecule has 1 aromatic rings. The molecule has 0 aliphatic heterocycles. The van der Waals surface area contributed by atoms with Gasteiger partial charge < -0.3 is 4.79 Å². The van der Waals surface area contributed by atoms with E-state index in [-0.39, 0.29) is 0 Å². The van der Waals surface area contributed by atoms with Crippen LogP contribution in [0, 0.1) is 0 Å². The molecule has 0 aromatic heterocycles. The minimum Gasteiger partial charge on any atom is -0.303 e. The van der Waals surface area contributed by atoms with E-state index in [1.54, 1.807) is 24.3 Å². The molecule has 0 fully saturated rings. The van der Waals surface area contributed by atoms with E-state index >= 15 is 0 Å². The smallest absolute Gasteiger partial charge is 0.123 e. The van der Waals surface area contributed by atoms with Gasteiger partial charge in [-0.25, -0.2) is 0 Å². The van der Waals surface area contributed by atoms with Gasteiger partial charge in [-0.15, -0.1) is 0 Å². The summed E-state index contributed by atoms with van der Waals surface area (Å²) in [6, 6.07) is 5.24. The first-order valence-corrected chi connectivity index (χ1v) is 4.54. The molecule has 1 aromatic carbocycles. The van der Waals surface area contributed by atoms with Crippen LogP contribution >= 0.6 is 23.2 Å². The van der Waals surface area contributed by atoms with Gasteiger partial charge in [0.05, 0.1) is 0 Å². The molecule has 0 N–H and O–H groups in total. The fourth-order valence-corrected chi connectivity index (χ4v) is 1.47. The number of rotatable bonds is 3. The van der Waals surface area contributed by atoms with Gasteiger partial charge in [-0.05, 0) is 23.8 Å². The average molecular weight is 215 g/mol. The standard InChI is InChI=1S/C10H8Cl2O/c11-9-5-8(3-1-2-4-13)6-10(12)7-9/h1,3-7H,2H2. The number of carbonyl (C=O) groups is 1. The number of halogens is 2. The molecule has 1 rings (SSSR count). The summed E-state index contributed by atoms with van der Waals surface area (Å²) in [6.07, 6.45) is 4.81. The predicted octanol–water partition coefficient (Wildman–Crippen LogP) is 3.60. The molecule has 0 spiro atoms. The van der Waals surface area contributed by atoms with Crippen LogP contribution in [-0.2, 0) is 4.79 Å². The Hall–Kier alpha value is -0.790. The monoisotopic (exact) mass is 214 g/mol. The summed E-state index contributed by atoms with van der Waals surface area (Å²) in [5.41, 5.74) is 0.902. The van der Waals surface area contributed by atoms with Crippen LogP contribution in [0.5, 0.6) is 0 Å². The van der Waals surface area contributed by atoms with E-state index in [0.29, 0.717) is 16.5 Å². The Morgan fingerprint density at radius 1 is 1.15 bits per heavy atom. The SMILES string of the molecule is O=CCC=Cc1cc(Cl)cc(Cl)c1. The number of benzene rings is 1. The molecule has 0 saturated carbocycles. The van der Waals surface area contributed by atoms with Crippen molar-refractivity contribution in [3.05, 3.63) is 39.9 Å². The van der Waals surface area contributed by atoms with E-state index < -0.39 is 0 Å². The van der Waals surface area contributed by atoms with Gasteiger partial charge in [0.2, 0.25) is 0 Å². The van der Waals surface area contributed by atoms with Crippen LogP contribution in [-0.4, -0.2) is 6.29 Å². The second-order valence-electron chi connectivity index (χ2n) is 2.51. The highest BCUT2D eigenvalue weighted by atomic mass is 35.5. The largest absolute Gasteiger partial charge is 0.303 e.